The molecule has 1 saturated heterocycles. The molecule has 0 amide bonds. The molecule has 0 radical (unpaired) electrons. The second-order valence-electron chi connectivity index (χ2n) is 7.09. The van der Waals surface area contributed by atoms with Crippen LogP contribution in [0.1, 0.15) is 30.2 Å². The lowest BCUT2D eigenvalue weighted by atomic mass is 9.74. The molecule has 29 heavy (non-hydrogen) atoms. The van der Waals surface area contributed by atoms with Crippen molar-refractivity contribution in [1.29, 1.82) is 0 Å². The van der Waals surface area contributed by atoms with E-state index in [1.54, 1.807) is 11.3 Å². The highest BCUT2D eigenvalue weighted by molar-refractivity contribution is 14.0. The molecule has 158 valence electrons. The maximum Gasteiger partial charge on any atom is 0.231 e. The Kier molecular flexibility index (Phi) is 8.02. The van der Waals surface area contributed by atoms with Gasteiger partial charge in [0, 0.05) is 36.6 Å². The monoisotopic (exact) mass is 529 g/mol. The van der Waals surface area contributed by atoms with E-state index in [1.807, 2.05) is 6.07 Å². The highest BCUT2D eigenvalue weighted by Crippen LogP contribution is 2.40. The van der Waals surface area contributed by atoms with Gasteiger partial charge in [-0.2, -0.15) is 0 Å². The molecule has 1 aromatic heterocycles. The Labute approximate surface area is 193 Å². The zero-order valence-corrected chi connectivity index (χ0v) is 19.8. The topological polar surface area (TPSA) is 64.1 Å². The van der Waals surface area contributed by atoms with Crippen LogP contribution in [0.15, 0.2) is 40.7 Å². The summed E-state index contributed by atoms with van der Waals surface area (Å²) in [6.45, 7) is 6.23. The van der Waals surface area contributed by atoms with Gasteiger partial charge in [0.25, 0.3) is 0 Å². The predicted octanol–water partition coefficient (Wildman–Crippen LogP) is 3.90. The number of aliphatic imine (C=N–C) groups is 1. The van der Waals surface area contributed by atoms with E-state index in [1.165, 1.54) is 10.4 Å². The van der Waals surface area contributed by atoms with Gasteiger partial charge in [-0.25, -0.2) is 4.99 Å². The Morgan fingerprint density at radius 1 is 1.14 bits per heavy atom. The lowest BCUT2D eigenvalue weighted by Gasteiger charge is -2.38. The number of nitrogens with one attached hydrogen (secondary N) is 2. The first-order valence-corrected chi connectivity index (χ1v) is 10.7. The summed E-state index contributed by atoms with van der Waals surface area (Å²) in [4.78, 5) is 6.01. The number of nitrogens with zero attached hydrogens (tertiary/aromatic N) is 1. The van der Waals surface area contributed by atoms with Crippen molar-refractivity contribution < 1.29 is 14.2 Å². The molecule has 0 aliphatic carbocycles. The number of hydrogen-bond acceptors (Lipinski definition) is 5. The first-order chi connectivity index (χ1) is 13.8. The van der Waals surface area contributed by atoms with Gasteiger partial charge in [-0.3, -0.25) is 0 Å². The van der Waals surface area contributed by atoms with Crippen LogP contribution in [-0.2, 0) is 16.7 Å². The fourth-order valence-electron chi connectivity index (χ4n) is 3.71. The van der Waals surface area contributed by atoms with Crippen LogP contribution in [0, 0.1) is 0 Å². The van der Waals surface area contributed by atoms with Crippen LogP contribution >= 0.6 is 35.3 Å². The number of hydrogen-bond donors (Lipinski definition) is 2. The van der Waals surface area contributed by atoms with Crippen LogP contribution < -0.4 is 20.1 Å². The number of ether oxygens (including phenoxy) is 3. The summed E-state index contributed by atoms with van der Waals surface area (Å²) in [5.74, 6) is 2.51. The molecule has 3 heterocycles. The normalized spacial score (nSPS) is 17.5. The van der Waals surface area contributed by atoms with Gasteiger partial charge in [0.15, 0.2) is 17.5 Å². The van der Waals surface area contributed by atoms with E-state index in [0.29, 0.717) is 13.3 Å². The first-order valence-electron chi connectivity index (χ1n) is 9.81. The number of halogens is 1. The molecular formula is C21H28IN3O3S. The summed E-state index contributed by atoms with van der Waals surface area (Å²) in [5.41, 5.74) is 1.25. The Morgan fingerprint density at radius 3 is 2.72 bits per heavy atom. The van der Waals surface area contributed by atoms with Crippen LogP contribution in [0.3, 0.4) is 0 Å². The number of fused-ring (bicyclic) bond motifs is 1. The zero-order chi connectivity index (χ0) is 19.2. The Balaban J connectivity index is 0.00000240. The summed E-state index contributed by atoms with van der Waals surface area (Å²) in [5, 5.41) is 9.02. The van der Waals surface area contributed by atoms with Crippen molar-refractivity contribution in [2.45, 2.75) is 31.7 Å². The van der Waals surface area contributed by atoms with Gasteiger partial charge >= 0.3 is 0 Å². The maximum atomic E-state index is 5.66. The minimum atomic E-state index is -0.0155. The van der Waals surface area contributed by atoms with Gasteiger partial charge in [-0.05, 0) is 48.9 Å². The smallest absolute Gasteiger partial charge is 0.231 e. The van der Waals surface area contributed by atoms with Gasteiger partial charge in [-0.1, -0.05) is 12.1 Å². The lowest BCUT2D eigenvalue weighted by Crippen LogP contribution is -2.48. The molecule has 0 bridgehead atoms. The molecule has 2 N–H and O–H groups in total. The van der Waals surface area contributed by atoms with E-state index in [-0.39, 0.29) is 29.4 Å². The van der Waals surface area contributed by atoms with Crippen molar-refractivity contribution in [2.24, 2.45) is 4.99 Å². The predicted molar refractivity (Wildman–Crippen MR) is 127 cm³/mol. The third-order valence-corrected chi connectivity index (χ3v) is 6.21. The summed E-state index contributed by atoms with van der Waals surface area (Å²) in [6, 6.07) is 10.5. The highest BCUT2D eigenvalue weighted by atomic mass is 127. The molecule has 8 heteroatoms. The summed E-state index contributed by atoms with van der Waals surface area (Å²) in [6.07, 6.45) is 1.92. The van der Waals surface area contributed by atoms with E-state index in [4.69, 9.17) is 19.2 Å². The average molecular weight is 529 g/mol. The third kappa shape index (κ3) is 5.35. The molecular weight excluding hydrogens is 501 g/mol. The maximum absolute atomic E-state index is 5.66. The van der Waals surface area contributed by atoms with Gasteiger partial charge < -0.3 is 24.8 Å². The van der Waals surface area contributed by atoms with E-state index in [2.05, 4.69) is 47.2 Å². The van der Waals surface area contributed by atoms with Crippen molar-refractivity contribution in [3.63, 3.8) is 0 Å². The highest BCUT2D eigenvalue weighted by Gasteiger charge is 2.35. The standard InChI is InChI=1S/C21H27N3O3S.HI/c1-2-22-20(23-13-17-4-3-11-28-17)24-14-21(7-9-25-10-8-21)16-5-6-18-19(12-16)27-15-26-18;/h3-6,11-12H,2,7-10,13-15H2,1H3,(H2,22,23,24);1H. The number of guanidine groups is 1. The Hall–Kier alpha value is -1.52. The number of rotatable bonds is 6. The lowest BCUT2D eigenvalue weighted by molar-refractivity contribution is 0.0513. The van der Waals surface area contributed by atoms with Gasteiger partial charge in [0.2, 0.25) is 6.79 Å². The Bertz CT molecular complexity index is 808. The van der Waals surface area contributed by atoms with Crippen LogP contribution in [-0.4, -0.2) is 39.1 Å². The van der Waals surface area contributed by atoms with Crippen molar-refractivity contribution in [2.75, 3.05) is 33.1 Å². The molecule has 2 aliphatic rings. The minimum absolute atomic E-state index is 0. The van der Waals surface area contributed by atoms with Gasteiger partial charge in [0.1, 0.15) is 0 Å². The summed E-state index contributed by atoms with van der Waals surface area (Å²) in [7, 11) is 0. The van der Waals surface area contributed by atoms with Crippen molar-refractivity contribution in [3.05, 3.63) is 46.2 Å². The van der Waals surface area contributed by atoms with Crippen molar-refractivity contribution in [1.82, 2.24) is 10.6 Å². The molecule has 0 unspecified atom stereocenters. The first kappa shape index (κ1) is 22.2. The molecule has 2 aromatic rings. The summed E-state index contributed by atoms with van der Waals surface area (Å²) >= 11 is 1.73. The second kappa shape index (κ2) is 10.5. The zero-order valence-electron chi connectivity index (χ0n) is 16.6. The average Bonchev–Trinajstić information content (AvgIpc) is 3.42. The Morgan fingerprint density at radius 2 is 1.97 bits per heavy atom. The minimum Gasteiger partial charge on any atom is -0.454 e. The molecule has 6 nitrogen and oxygen atoms in total. The quantitative estimate of drug-likeness (QED) is 0.338. The van der Waals surface area contributed by atoms with Crippen LogP contribution in [0.5, 0.6) is 11.5 Å². The molecule has 1 fully saturated rings. The van der Waals surface area contributed by atoms with E-state index >= 15 is 0 Å². The van der Waals surface area contributed by atoms with E-state index in [0.717, 1.165) is 56.6 Å². The van der Waals surface area contributed by atoms with E-state index < -0.39 is 0 Å². The molecule has 0 spiro atoms. The molecule has 0 atom stereocenters. The number of thiophene rings is 1. The molecule has 0 saturated carbocycles. The van der Waals surface area contributed by atoms with Crippen molar-refractivity contribution >= 4 is 41.3 Å². The number of benzene rings is 1. The van der Waals surface area contributed by atoms with Crippen LogP contribution in [0.25, 0.3) is 0 Å². The molecule has 4 rings (SSSR count). The van der Waals surface area contributed by atoms with Gasteiger partial charge in [-0.15, -0.1) is 35.3 Å². The third-order valence-electron chi connectivity index (χ3n) is 5.35. The second-order valence-corrected chi connectivity index (χ2v) is 8.12. The summed E-state index contributed by atoms with van der Waals surface area (Å²) < 4.78 is 16.8. The van der Waals surface area contributed by atoms with Gasteiger partial charge in [0.05, 0.1) is 6.54 Å². The fraction of sp³-hybridized carbons (Fsp3) is 0.476. The van der Waals surface area contributed by atoms with Crippen molar-refractivity contribution in [3.8, 4) is 11.5 Å². The molecule has 1 aromatic carbocycles. The SMILES string of the molecule is CCNC(=NCc1cccs1)NCC1(c2ccc3c(c2)OCO3)CCOCC1.I. The fourth-order valence-corrected chi connectivity index (χ4v) is 4.34. The van der Waals surface area contributed by atoms with Crippen LogP contribution in [0.2, 0.25) is 0 Å². The van der Waals surface area contributed by atoms with Crippen LogP contribution in [0.4, 0.5) is 0 Å². The molecule has 2 aliphatic heterocycles. The van der Waals surface area contributed by atoms with E-state index in [9.17, 15) is 0 Å². The largest absolute Gasteiger partial charge is 0.454 e.